The van der Waals surface area contributed by atoms with Crippen LogP contribution >= 0.6 is 11.8 Å². The summed E-state index contributed by atoms with van der Waals surface area (Å²) < 4.78 is 63.3. The quantitative estimate of drug-likeness (QED) is 0.519. The first-order valence-corrected chi connectivity index (χ1v) is 9.38. The average molecular weight is 416 g/mol. The normalized spacial score (nSPS) is 15.2. The Morgan fingerprint density at radius 3 is 2.18 bits per heavy atom. The van der Waals surface area contributed by atoms with Crippen molar-refractivity contribution in [3.63, 3.8) is 0 Å². The zero-order valence-electron chi connectivity index (χ0n) is 14.6. The van der Waals surface area contributed by atoms with Gasteiger partial charge in [-0.2, -0.15) is 22.0 Å². The molecule has 0 bridgehead atoms. The van der Waals surface area contributed by atoms with Gasteiger partial charge in [-0.25, -0.2) is 0 Å². The second kappa shape index (κ2) is 8.38. The summed E-state index contributed by atoms with van der Waals surface area (Å²) in [5, 5.41) is 0. The summed E-state index contributed by atoms with van der Waals surface area (Å²) in [6.07, 6.45) is -4.40. The second-order valence-electron chi connectivity index (χ2n) is 6.23. The lowest BCUT2D eigenvalue weighted by Crippen LogP contribution is -2.48. The molecular formula is C19H17F5N2OS. The van der Waals surface area contributed by atoms with Gasteiger partial charge in [0.05, 0.1) is 5.56 Å². The minimum Gasteiger partial charge on any atom is -0.368 e. The number of carbonyl (C=O) groups excluding carboxylic acids is 1. The Morgan fingerprint density at radius 2 is 1.61 bits per heavy atom. The van der Waals surface area contributed by atoms with Crippen molar-refractivity contribution in [2.75, 3.05) is 31.1 Å². The highest BCUT2D eigenvalue weighted by Crippen LogP contribution is 2.32. The minimum absolute atomic E-state index is 0.225. The highest BCUT2D eigenvalue weighted by molar-refractivity contribution is 7.99. The predicted molar refractivity (Wildman–Crippen MR) is 97.9 cm³/mol. The standard InChI is InChI=1S/C19H17F5N2OS/c20-18(21)28-16-6-4-13(5-7-16)17(27)26-10-8-25(9-11-26)15-3-1-2-14(12-15)19(22,23)24/h1-7,12,18H,8-11H2. The monoisotopic (exact) mass is 416 g/mol. The van der Waals surface area contributed by atoms with Crippen molar-refractivity contribution in [2.24, 2.45) is 0 Å². The largest absolute Gasteiger partial charge is 0.416 e. The molecule has 3 rings (SSSR count). The van der Waals surface area contributed by atoms with Gasteiger partial charge in [-0.1, -0.05) is 17.8 Å². The molecule has 0 saturated carbocycles. The van der Waals surface area contributed by atoms with E-state index in [9.17, 15) is 26.7 Å². The average Bonchev–Trinajstić information content (AvgIpc) is 2.67. The third-order valence-corrected chi connectivity index (χ3v) is 5.15. The maximum atomic E-state index is 12.9. The fourth-order valence-electron chi connectivity index (χ4n) is 3.01. The number of amides is 1. The Balaban J connectivity index is 1.61. The number of piperazine rings is 1. The van der Waals surface area contributed by atoms with E-state index >= 15 is 0 Å². The van der Waals surface area contributed by atoms with Crippen LogP contribution in [0, 0.1) is 0 Å². The highest BCUT2D eigenvalue weighted by atomic mass is 32.2. The summed E-state index contributed by atoms with van der Waals surface area (Å²) in [4.78, 5) is 16.4. The van der Waals surface area contributed by atoms with Crippen LogP contribution in [0.3, 0.4) is 0 Å². The van der Waals surface area contributed by atoms with Gasteiger partial charge >= 0.3 is 6.18 Å². The fourth-order valence-corrected chi connectivity index (χ4v) is 3.51. The topological polar surface area (TPSA) is 23.6 Å². The molecule has 2 aromatic rings. The number of nitrogens with zero attached hydrogens (tertiary/aromatic N) is 2. The number of halogens is 5. The molecule has 1 amide bonds. The second-order valence-corrected chi connectivity index (χ2v) is 7.29. The Bertz CT molecular complexity index is 818. The van der Waals surface area contributed by atoms with Gasteiger partial charge < -0.3 is 9.80 Å². The first-order chi connectivity index (χ1) is 13.2. The van der Waals surface area contributed by atoms with Crippen molar-refractivity contribution in [3.8, 4) is 0 Å². The van der Waals surface area contributed by atoms with E-state index in [2.05, 4.69) is 0 Å². The Labute approximate surface area is 163 Å². The number of carbonyl (C=O) groups is 1. The molecule has 0 spiro atoms. The number of alkyl halides is 5. The van der Waals surface area contributed by atoms with E-state index in [4.69, 9.17) is 0 Å². The molecule has 9 heteroatoms. The fraction of sp³-hybridized carbons (Fsp3) is 0.316. The molecule has 1 fully saturated rings. The molecular weight excluding hydrogens is 399 g/mol. The molecule has 0 aromatic heterocycles. The van der Waals surface area contributed by atoms with Crippen LogP contribution in [0.2, 0.25) is 0 Å². The van der Waals surface area contributed by atoms with Crippen LogP contribution in [0.4, 0.5) is 27.6 Å². The van der Waals surface area contributed by atoms with Crippen LogP contribution in [0.5, 0.6) is 0 Å². The predicted octanol–water partition coefficient (Wildman–Crippen LogP) is 4.98. The molecule has 0 N–H and O–H groups in total. The maximum absolute atomic E-state index is 12.9. The van der Waals surface area contributed by atoms with Gasteiger partial charge in [0.15, 0.2) is 0 Å². The molecule has 0 unspecified atom stereocenters. The number of hydrogen-bond acceptors (Lipinski definition) is 3. The van der Waals surface area contributed by atoms with Gasteiger partial charge in [0.25, 0.3) is 11.7 Å². The smallest absolute Gasteiger partial charge is 0.368 e. The molecule has 0 aliphatic carbocycles. The Kier molecular flexibility index (Phi) is 6.12. The molecule has 28 heavy (non-hydrogen) atoms. The van der Waals surface area contributed by atoms with Crippen molar-refractivity contribution in [2.45, 2.75) is 16.8 Å². The lowest BCUT2D eigenvalue weighted by Gasteiger charge is -2.36. The number of thioether (sulfide) groups is 1. The van der Waals surface area contributed by atoms with Crippen LogP contribution in [0.1, 0.15) is 15.9 Å². The van der Waals surface area contributed by atoms with Crippen LogP contribution < -0.4 is 4.90 Å². The van der Waals surface area contributed by atoms with Crippen LogP contribution in [-0.2, 0) is 6.18 Å². The lowest BCUT2D eigenvalue weighted by molar-refractivity contribution is -0.137. The maximum Gasteiger partial charge on any atom is 0.416 e. The van der Waals surface area contributed by atoms with Crippen LogP contribution in [-0.4, -0.2) is 42.7 Å². The number of anilines is 1. The molecule has 1 aliphatic heterocycles. The van der Waals surface area contributed by atoms with Crippen molar-refractivity contribution in [1.82, 2.24) is 4.90 Å². The van der Waals surface area contributed by atoms with Crippen molar-refractivity contribution in [1.29, 1.82) is 0 Å². The zero-order valence-corrected chi connectivity index (χ0v) is 15.4. The molecule has 150 valence electrons. The van der Waals surface area contributed by atoms with E-state index < -0.39 is 17.5 Å². The van der Waals surface area contributed by atoms with E-state index in [-0.39, 0.29) is 5.91 Å². The first kappa shape index (κ1) is 20.4. The van der Waals surface area contributed by atoms with E-state index in [1.165, 1.54) is 30.3 Å². The molecule has 0 atom stereocenters. The van der Waals surface area contributed by atoms with E-state index in [0.717, 1.165) is 12.1 Å². The molecule has 1 aliphatic rings. The van der Waals surface area contributed by atoms with Crippen molar-refractivity contribution < 1.29 is 26.7 Å². The molecule has 2 aromatic carbocycles. The first-order valence-electron chi connectivity index (χ1n) is 8.50. The van der Waals surface area contributed by atoms with Gasteiger partial charge in [0, 0.05) is 42.3 Å². The van der Waals surface area contributed by atoms with Gasteiger partial charge in [-0.15, -0.1) is 0 Å². The van der Waals surface area contributed by atoms with Crippen molar-refractivity contribution in [3.05, 3.63) is 59.7 Å². The Hall–Kier alpha value is -2.29. The number of benzene rings is 2. The van der Waals surface area contributed by atoms with Gasteiger partial charge in [0.1, 0.15) is 0 Å². The lowest BCUT2D eigenvalue weighted by atomic mass is 10.1. The third kappa shape index (κ3) is 4.95. The molecule has 1 saturated heterocycles. The summed E-state index contributed by atoms with van der Waals surface area (Å²) in [5.41, 5.74) is 0.159. The molecule has 1 heterocycles. The van der Waals surface area contributed by atoms with Crippen LogP contribution in [0.25, 0.3) is 0 Å². The SMILES string of the molecule is O=C(c1ccc(SC(F)F)cc1)N1CCN(c2cccc(C(F)(F)F)c2)CC1. The molecule has 3 nitrogen and oxygen atoms in total. The summed E-state index contributed by atoms with van der Waals surface area (Å²) in [6, 6.07) is 11.1. The highest BCUT2D eigenvalue weighted by Gasteiger charge is 2.31. The zero-order chi connectivity index (χ0) is 20.3. The van der Waals surface area contributed by atoms with E-state index in [1.807, 2.05) is 0 Å². The van der Waals surface area contributed by atoms with E-state index in [0.29, 0.717) is 54.1 Å². The third-order valence-electron chi connectivity index (χ3n) is 4.43. The van der Waals surface area contributed by atoms with Gasteiger partial charge in [-0.3, -0.25) is 4.79 Å². The van der Waals surface area contributed by atoms with E-state index in [1.54, 1.807) is 15.9 Å². The van der Waals surface area contributed by atoms with Crippen molar-refractivity contribution >= 4 is 23.4 Å². The Morgan fingerprint density at radius 1 is 0.964 bits per heavy atom. The van der Waals surface area contributed by atoms with Crippen LogP contribution in [0.15, 0.2) is 53.4 Å². The number of rotatable bonds is 4. The summed E-state index contributed by atoms with van der Waals surface area (Å²) >= 11 is 0.410. The summed E-state index contributed by atoms with van der Waals surface area (Å²) in [6.45, 7) is 1.55. The van der Waals surface area contributed by atoms with Gasteiger partial charge in [-0.05, 0) is 42.5 Å². The summed E-state index contributed by atoms with van der Waals surface area (Å²) in [5.74, 6) is -2.75. The number of hydrogen-bond donors (Lipinski definition) is 0. The van der Waals surface area contributed by atoms with Gasteiger partial charge in [0.2, 0.25) is 0 Å². The summed E-state index contributed by atoms with van der Waals surface area (Å²) in [7, 11) is 0. The molecule has 0 radical (unpaired) electrons. The minimum atomic E-state index is -4.40.